The Morgan fingerprint density at radius 3 is 2.29 bits per heavy atom. The van der Waals surface area contributed by atoms with Gasteiger partial charge in [0, 0.05) is 6.42 Å². The topological polar surface area (TPSA) is 43.1 Å². The number of amides is 1. The minimum Gasteiger partial charge on any atom is -0.370 e. The highest BCUT2D eigenvalue weighted by atomic mass is 35.5. The molecule has 3 heteroatoms. The molecular weight excluding hydrogens is 198 g/mol. The lowest BCUT2D eigenvalue weighted by molar-refractivity contribution is -0.118. The van der Waals surface area contributed by atoms with E-state index in [9.17, 15) is 4.79 Å². The van der Waals surface area contributed by atoms with Crippen molar-refractivity contribution in [2.45, 2.75) is 58.8 Å². The molecule has 0 heterocycles. The van der Waals surface area contributed by atoms with Crippen LogP contribution in [0.15, 0.2) is 0 Å². The number of halogens is 1. The number of hydrogen-bond acceptors (Lipinski definition) is 1. The van der Waals surface area contributed by atoms with Crippen LogP contribution in [0.1, 0.15) is 58.8 Å². The Hall–Kier alpha value is -0.240. The minimum absolute atomic E-state index is 0. The van der Waals surface area contributed by atoms with Crippen molar-refractivity contribution in [2.24, 2.45) is 11.7 Å². The van der Waals surface area contributed by atoms with Crippen LogP contribution in [0.2, 0.25) is 0 Å². The Labute approximate surface area is 94.0 Å². The van der Waals surface area contributed by atoms with Gasteiger partial charge in [0.1, 0.15) is 0 Å². The van der Waals surface area contributed by atoms with E-state index in [4.69, 9.17) is 5.73 Å². The number of hydrogen-bond donors (Lipinski definition) is 1. The molecular formula is C11H24ClNO. The van der Waals surface area contributed by atoms with Gasteiger partial charge in [-0.15, -0.1) is 12.4 Å². The maximum Gasteiger partial charge on any atom is 0.217 e. The number of primary amides is 1. The lowest BCUT2D eigenvalue weighted by Crippen LogP contribution is -2.14. The summed E-state index contributed by atoms with van der Waals surface area (Å²) in [6.07, 6.45) is 8.20. The van der Waals surface area contributed by atoms with Gasteiger partial charge >= 0.3 is 0 Å². The van der Waals surface area contributed by atoms with Crippen molar-refractivity contribution in [1.29, 1.82) is 0 Å². The third kappa shape index (κ3) is 11.8. The average Bonchev–Trinajstić information content (AvgIpc) is 2.02. The zero-order chi connectivity index (χ0) is 10.1. The van der Waals surface area contributed by atoms with Gasteiger partial charge in [0.25, 0.3) is 0 Å². The highest BCUT2D eigenvalue weighted by Gasteiger charge is 2.04. The quantitative estimate of drug-likeness (QED) is 0.628. The monoisotopic (exact) mass is 221 g/mol. The molecule has 0 saturated heterocycles. The first-order valence-corrected chi connectivity index (χ1v) is 5.45. The average molecular weight is 222 g/mol. The molecule has 0 radical (unpaired) electrons. The first-order valence-electron chi connectivity index (χ1n) is 5.45. The summed E-state index contributed by atoms with van der Waals surface area (Å²) in [6.45, 7) is 4.32. The molecule has 0 aliphatic rings. The first-order chi connectivity index (χ1) is 6.16. The highest BCUT2D eigenvalue weighted by Crippen LogP contribution is 2.13. The molecule has 2 nitrogen and oxygen atoms in total. The first kappa shape index (κ1) is 16.2. The fourth-order valence-corrected chi connectivity index (χ4v) is 1.54. The van der Waals surface area contributed by atoms with Gasteiger partial charge in [0.05, 0.1) is 0 Å². The van der Waals surface area contributed by atoms with E-state index >= 15 is 0 Å². The van der Waals surface area contributed by atoms with Crippen LogP contribution in [0.5, 0.6) is 0 Å². The molecule has 14 heavy (non-hydrogen) atoms. The summed E-state index contributed by atoms with van der Waals surface area (Å²) in [7, 11) is 0. The molecule has 0 spiro atoms. The lowest BCUT2D eigenvalue weighted by Gasteiger charge is -2.07. The zero-order valence-electron chi connectivity index (χ0n) is 9.42. The summed E-state index contributed by atoms with van der Waals surface area (Å²) < 4.78 is 0. The van der Waals surface area contributed by atoms with Crippen LogP contribution in [0, 0.1) is 5.92 Å². The molecule has 1 amide bonds. The fourth-order valence-electron chi connectivity index (χ4n) is 1.54. The summed E-state index contributed by atoms with van der Waals surface area (Å²) in [5.74, 6) is 0.306. The van der Waals surface area contributed by atoms with Crippen molar-refractivity contribution < 1.29 is 4.79 Å². The van der Waals surface area contributed by atoms with Crippen molar-refractivity contribution in [2.75, 3.05) is 0 Å². The summed E-state index contributed by atoms with van der Waals surface area (Å²) in [4.78, 5) is 10.6. The Morgan fingerprint density at radius 1 is 1.21 bits per heavy atom. The molecule has 0 aromatic heterocycles. The normalized spacial score (nSPS) is 11.9. The predicted octanol–water partition coefficient (Wildman–Crippen LogP) is 3.28. The smallest absolute Gasteiger partial charge is 0.217 e. The third-order valence-corrected chi connectivity index (χ3v) is 2.35. The van der Waals surface area contributed by atoms with E-state index < -0.39 is 0 Å². The van der Waals surface area contributed by atoms with Gasteiger partial charge in [0.2, 0.25) is 5.91 Å². The number of carbonyl (C=O) groups is 1. The summed E-state index contributed by atoms with van der Waals surface area (Å²) in [6, 6.07) is 0. The fraction of sp³-hybridized carbons (Fsp3) is 0.909. The van der Waals surface area contributed by atoms with Gasteiger partial charge in [-0.3, -0.25) is 4.79 Å². The Morgan fingerprint density at radius 2 is 1.79 bits per heavy atom. The molecule has 2 N–H and O–H groups in total. The van der Waals surface area contributed by atoms with E-state index in [-0.39, 0.29) is 18.3 Å². The molecule has 0 fully saturated rings. The van der Waals surface area contributed by atoms with Crippen LogP contribution in [-0.2, 0) is 4.79 Å². The predicted molar refractivity (Wildman–Crippen MR) is 63.6 cm³/mol. The second-order valence-corrected chi connectivity index (χ2v) is 3.98. The molecule has 0 aromatic carbocycles. The van der Waals surface area contributed by atoms with Gasteiger partial charge < -0.3 is 5.73 Å². The second-order valence-electron chi connectivity index (χ2n) is 3.98. The number of nitrogens with two attached hydrogens (primary N) is 1. The Balaban J connectivity index is 0. The zero-order valence-corrected chi connectivity index (χ0v) is 10.2. The summed E-state index contributed by atoms with van der Waals surface area (Å²) >= 11 is 0. The molecule has 0 aliphatic heterocycles. The van der Waals surface area contributed by atoms with E-state index in [1.165, 1.54) is 32.1 Å². The highest BCUT2D eigenvalue weighted by molar-refractivity contribution is 5.85. The maximum absolute atomic E-state index is 10.6. The van der Waals surface area contributed by atoms with Gasteiger partial charge in [0.15, 0.2) is 0 Å². The van der Waals surface area contributed by atoms with Crippen molar-refractivity contribution in [3.63, 3.8) is 0 Å². The van der Waals surface area contributed by atoms with Gasteiger partial charge in [-0.05, 0) is 5.92 Å². The number of unbranched alkanes of at least 4 members (excludes halogenated alkanes) is 4. The SMILES string of the molecule is CCCCCCCC(C)CC(N)=O.Cl. The maximum atomic E-state index is 10.6. The molecule has 0 aliphatic carbocycles. The second kappa shape index (κ2) is 10.8. The van der Waals surface area contributed by atoms with Gasteiger partial charge in [-0.1, -0.05) is 52.4 Å². The van der Waals surface area contributed by atoms with Crippen molar-refractivity contribution in [3.8, 4) is 0 Å². The third-order valence-electron chi connectivity index (χ3n) is 2.35. The number of rotatable bonds is 8. The number of carbonyl (C=O) groups excluding carboxylic acids is 1. The summed E-state index contributed by atoms with van der Waals surface area (Å²) in [5.41, 5.74) is 5.11. The van der Waals surface area contributed by atoms with E-state index in [0.29, 0.717) is 12.3 Å². The molecule has 0 bridgehead atoms. The molecule has 86 valence electrons. The van der Waals surface area contributed by atoms with Crippen LogP contribution in [0.25, 0.3) is 0 Å². The molecule has 0 aromatic rings. The molecule has 0 rings (SSSR count). The minimum atomic E-state index is -0.166. The lowest BCUT2D eigenvalue weighted by atomic mass is 9.99. The Kier molecular flexibility index (Phi) is 12.5. The molecule has 1 atom stereocenters. The van der Waals surface area contributed by atoms with Crippen LogP contribution >= 0.6 is 12.4 Å². The molecule has 0 saturated carbocycles. The largest absolute Gasteiger partial charge is 0.370 e. The Bertz CT molecular complexity index is 139. The van der Waals surface area contributed by atoms with Crippen LogP contribution in [-0.4, -0.2) is 5.91 Å². The van der Waals surface area contributed by atoms with Gasteiger partial charge in [-0.25, -0.2) is 0 Å². The van der Waals surface area contributed by atoms with Crippen molar-refractivity contribution in [1.82, 2.24) is 0 Å². The van der Waals surface area contributed by atoms with Crippen molar-refractivity contribution >= 4 is 18.3 Å². The molecule has 1 unspecified atom stereocenters. The van der Waals surface area contributed by atoms with Crippen molar-refractivity contribution in [3.05, 3.63) is 0 Å². The van der Waals surface area contributed by atoms with E-state index in [1.54, 1.807) is 0 Å². The van der Waals surface area contributed by atoms with E-state index in [0.717, 1.165) is 6.42 Å². The standard InChI is InChI=1S/C11H23NO.ClH/c1-3-4-5-6-7-8-10(2)9-11(12)13;/h10H,3-9H2,1-2H3,(H2,12,13);1H. The van der Waals surface area contributed by atoms with Crippen LogP contribution < -0.4 is 5.73 Å². The van der Waals surface area contributed by atoms with Gasteiger partial charge in [-0.2, -0.15) is 0 Å². The van der Waals surface area contributed by atoms with Crippen LogP contribution in [0.3, 0.4) is 0 Å². The summed E-state index contributed by atoms with van der Waals surface area (Å²) in [5, 5.41) is 0. The van der Waals surface area contributed by atoms with E-state index in [1.807, 2.05) is 0 Å². The van der Waals surface area contributed by atoms with E-state index in [2.05, 4.69) is 13.8 Å². The van der Waals surface area contributed by atoms with Crippen LogP contribution in [0.4, 0.5) is 0 Å².